The van der Waals surface area contributed by atoms with Gasteiger partial charge in [0.15, 0.2) is 0 Å². The van der Waals surface area contributed by atoms with Crippen LogP contribution in [0, 0.1) is 0 Å². The Morgan fingerprint density at radius 2 is 1.67 bits per heavy atom. The van der Waals surface area contributed by atoms with E-state index in [1.165, 1.54) is 0 Å². The van der Waals surface area contributed by atoms with E-state index in [1.54, 1.807) is 4.90 Å². The molecule has 0 spiro atoms. The summed E-state index contributed by atoms with van der Waals surface area (Å²) in [6.45, 7) is 0. The van der Waals surface area contributed by atoms with Crippen LogP contribution in [0.15, 0.2) is 48.5 Å². The van der Waals surface area contributed by atoms with Gasteiger partial charge in [-0.25, -0.2) is 4.79 Å². The molecule has 0 saturated carbocycles. The first-order valence-electron chi connectivity index (χ1n) is 5.89. The maximum atomic E-state index is 12.2. The summed E-state index contributed by atoms with van der Waals surface area (Å²) in [5.41, 5.74) is 3.89. The van der Waals surface area contributed by atoms with Crippen LogP contribution in [-0.4, -0.2) is 6.03 Å². The zero-order valence-electron chi connectivity index (χ0n) is 9.55. The lowest BCUT2D eigenvalue weighted by molar-refractivity contribution is 0.255. The second kappa shape index (κ2) is 3.26. The minimum atomic E-state index is -0.104. The molecule has 0 radical (unpaired) electrons. The molecule has 18 heavy (non-hydrogen) atoms. The molecule has 2 aromatic rings. The summed E-state index contributed by atoms with van der Waals surface area (Å²) in [7, 11) is 0. The molecule has 4 rings (SSSR count). The van der Waals surface area contributed by atoms with Crippen molar-refractivity contribution in [3.63, 3.8) is 0 Å². The van der Waals surface area contributed by atoms with Crippen LogP contribution in [0.25, 0.3) is 0 Å². The largest absolute Gasteiger partial charge is 0.359 e. The average Bonchev–Trinajstić information content (AvgIpc) is 2.79. The molecular weight excluding hydrogens is 226 g/mol. The van der Waals surface area contributed by atoms with Crippen LogP contribution in [0.1, 0.15) is 11.7 Å². The Morgan fingerprint density at radius 1 is 0.944 bits per heavy atom. The normalized spacial score (nSPS) is 19.4. The molecule has 2 aliphatic rings. The van der Waals surface area contributed by atoms with Gasteiger partial charge in [-0.05, 0) is 18.2 Å². The van der Waals surface area contributed by atoms with Crippen LogP contribution < -0.4 is 15.5 Å². The number of fused-ring (bicyclic) bond motifs is 5. The Bertz CT molecular complexity index is 653. The number of hydrogen-bond donors (Lipinski definition) is 2. The number of carbonyl (C=O) groups excluding carboxylic acids is 1. The van der Waals surface area contributed by atoms with E-state index in [0.717, 1.165) is 22.6 Å². The van der Waals surface area contributed by atoms with Crippen molar-refractivity contribution < 1.29 is 4.79 Å². The summed E-state index contributed by atoms with van der Waals surface area (Å²) in [5, 5.41) is 6.31. The van der Waals surface area contributed by atoms with Crippen LogP contribution >= 0.6 is 0 Å². The number of benzene rings is 2. The van der Waals surface area contributed by atoms with Gasteiger partial charge in [0.1, 0.15) is 6.17 Å². The fourth-order valence-electron chi connectivity index (χ4n) is 2.62. The zero-order valence-corrected chi connectivity index (χ0v) is 9.55. The Kier molecular flexibility index (Phi) is 1.73. The monoisotopic (exact) mass is 237 g/mol. The highest BCUT2D eigenvalue weighted by atomic mass is 16.2. The standard InChI is InChI=1S/C14H11N3O/c18-14-16-10-6-2-1-5-9(10)13-15-11-7-3-4-8-12(11)17(13)14/h1-8,13,15H,(H,16,18). The van der Waals surface area contributed by atoms with Gasteiger partial charge in [-0.15, -0.1) is 0 Å². The van der Waals surface area contributed by atoms with Crippen LogP contribution in [0.2, 0.25) is 0 Å². The van der Waals surface area contributed by atoms with Crippen LogP contribution in [0.4, 0.5) is 21.9 Å². The lowest BCUT2D eigenvalue weighted by atomic mass is 10.1. The SMILES string of the molecule is O=C1Nc2ccccc2C2Nc3ccccc3N12. The summed E-state index contributed by atoms with van der Waals surface area (Å²) in [5.74, 6) is 0. The van der Waals surface area contributed by atoms with Gasteiger partial charge in [0.2, 0.25) is 0 Å². The highest BCUT2D eigenvalue weighted by Crippen LogP contribution is 2.45. The van der Waals surface area contributed by atoms with Crippen molar-refractivity contribution in [2.75, 3.05) is 15.5 Å². The number of rotatable bonds is 0. The smallest absolute Gasteiger partial charge is 0.328 e. The Balaban J connectivity index is 1.91. The molecule has 0 bridgehead atoms. The van der Waals surface area contributed by atoms with Crippen molar-refractivity contribution in [3.05, 3.63) is 54.1 Å². The summed E-state index contributed by atoms with van der Waals surface area (Å²) in [6.07, 6.45) is -0.104. The van der Waals surface area contributed by atoms with E-state index < -0.39 is 0 Å². The average molecular weight is 237 g/mol. The number of carbonyl (C=O) groups is 1. The second-order valence-electron chi connectivity index (χ2n) is 4.45. The van der Waals surface area contributed by atoms with E-state index in [4.69, 9.17) is 0 Å². The van der Waals surface area contributed by atoms with Gasteiger partial charge in [0, 0.05) is 11.3 Å². The molecule has 0 fully saturated rings. The Morgan fingerprint density at radius 3 is 2.56 bits per heavy atom. The summed E-state index contributed by atoms with van der Waals surface area (Å²) in [6, 6.07) is 15.6. The third-order valence-electron chi connectivity index (χ3n) is 3.43. The summed E-state index contributed by atoms with van der Waals surface area (Å²) < 4.78 is 0. The van der Waals surface area contributed by atoms with Gasteiger partial charge in [0.05, 0.1) is 11.4 Å². The van der Waals surface area contributed by atoms with E-state index in [2.05, 4.69) is 10.6 Å². The fourth-order valence-corrected chi connectivity index (χ4v) is 2.62. The number of nitrogens with zero attached hydrogens (tertiary/aromatic N) is 1. The van der Waals surface area contributed by atoms with Crippen molar-refractivity contribution in [2.45, 2.75) is 6.17 Å². The van der Waals surface area contributed by atoms with Gasteiger partial charge < -0.3 is 10.6 Å². The summed E-state index contributed by atoms with van der Waals surface area (Å²) in [4.78, 5) is 13.9. The third kappa shape index (κ3) is 1.12. The topological polar surface area (TPSA) is 44.4 Å². The van der Waals surface area contributed by atoms with E-state index in [0.29, 0.717) is 0 Å². The number of nitrogens with one attached hydrogen (secondary N) is 2. The van der Waals surface area contributed by atoms with Crippen LogP contribution in [-0.2, 0) is 0 Å². The molecule has 1 atom stereocenters. The minimum absolute atomic E-state index is 0.0869. The number of hydrogen-bond acceptors (Lipinski definition) is 2. The molecule has 2 aliphatic heterocycles. The number of para-hydroxylation sites is 3. The highest BCUT2D eigenvalue weighted by molar-refractivity contribution is 6.09. The molecule has 4 nitrogen and oxygen atoms in total. The number of urea groups is 1. The predicted octanol–water partition coefficient (Wildman–Crippen LogP) is 3.16. The van der Waals surface area contributed by atoms with Crippen molar-refractivity contribution in [1.29, 1.82) is 0 Å². The first-order chi connectivity index (χ1) is 8.84. The van der Waals surface area contributed by atoms with Gasteiger partial charge in [-0.1, -0.05) is 30.3 Å². The van der Waals surface area contributed by atoms with Crippen molar-refractivity contribution in [2.24, 2.45) is 0 Å². The second-order valence-corrected chi connectivity index (χ2v) is 4.45. The quantitative estimate of drug-likeness (QED) is 0.739. The third-order valence-corrected chi connectivity index (χ3v) is 3.43. The van der Waals surface area contributed by atoms with Crippen molar-refractivity contribution >= 4 is 23.1 Å². The zero-order chi connectivity index (χ0) is 12.1. The predicted molar refractivity (Wildman–Crippen MR) is 70.7 cm³/mol. The minimum Gasteiger partial charge on any atom is -0.359 e. The maximum absolute atomic E-state index is 12.2. The molecule has 2 aromatic carbocycles. The Hall–Kier alpha value is -2.49. The van der Waals surface area contributed by atoms with Crippen molar-refractivity contribution in [1.82, 2.24) is 0 Å². The van der Waals surface area contributed by atoms with Gasteiger partial charge in [-0.2, -0.15) is 0 Å². The number of anilines is 3. The van der Waals surface area contributed by atoms with Gasteiger partial charge in [0.25, 0.3) is 0 Å². The molecule has 2 N–H and O–H groups in total. The summed E-state index contributed by atoms with van der Waals surface area (Å²) >= 11 is 0. The number of amides is 2. The molecule has 2 amide bonds. The van der Waals surface area contributed by atoms with E-state index in [9.17, 15) is 4.79 Å². The van der Waals surface area contributed by atoms with Gasteiger partial charge >= 0.3 is 6.03 Å². The molecule has 0 saturated heterocycles. The Labute approximate surface area is 104 Å². The lowest BCUT2D eigenvalue weighted by Crippen LogP contribution is -2.41. The molecule has 2 heterocycles. The van der Waals surface area contributed by atoms with E-state index >= 15 is 0 Å². The molecule has 88 valence electrons. The lowest BCUT2D eigenvalue weighted by Gasteiger charge is -2.31. The molecule has 4 heteroatoms. The molecular formula is C14H11N3O. The van der Waals surface area contributed by atoms with E-state index in [-0.39, 0.29) is 12.2 Å². The first kappa shape index (κ1) is 9.53. The first-order valence-corrected chi connectivity index (χ1v) is 5.89. The fraction of sp³-hybridized carbons (Fsp3) is 0.0714. The van der Waals surface area contributed by atoms with Crippen LogP contribution in [0.3, 0.4) is 0 Å². The van der Waals surface area contributed by atoms with Crippen molar-refractivity contribution in [3.8, 4) is 0 Å². The molecule has 0 aliphatic carbocycles. The maximum Gasteiger partial charge on any atom is 0.328 e. The highest BCUT2D eigenvalue weighted by Gasteiger charge is 2.38. The van der Waals surface area contributed by atoms with E-state index in [1.807, 2.05) is 48.5 Å². The molecule has 0 aromatic heterocycles. The van der Waals surface area contributed by atoms with Gasteiger partial charge in [-0.3, -0.25) is 4.90 Å². The van der Waals surface area contributed by atoms with Crippen LogP contribution in [0.5, 0.6) is 0 Å². The molecule has 1 unspecified atom stereocenters.